The summed E-state index contributed by atoms with van der Waals surface area (Å²) in [5.41, 5.74) is 1.29. The van der Waals surface area contributed by atoms with Crippen molar-refractivity contribution in [3.8, 4) is 5.75 Å². The van der Waals surface area contributed by atoms with Crippen LogP contribution in [-0.4, -0.2) is 36.7 Å². The molecule has 1 heterocycles. The van der Waals surface area contributed by atoms with Gasteiger partial charge in [-0.25, -0.2) is 0 Å². The first kappa shape index (κ1) is 13.4. The number of hydrogen-bond donors (Lipinski definition) is 1. The zero-order valence-corrected chi connectivity index (χ0v) is 11.6. The van der Waals surface area contributed by atoms with Crippen LogP contribution in [0.1, 0.15) is 26.3 Å². The smallest absolute Gasteiger partial charge is 0.124 e. The Morgan fingerprint density at radius 2 is 2.17 bits per heavy atom. The molecule has 18 heavy (non-hydrogen) atoms. The summed E-state index contributed by atoms with van der Waals surface area (Å²) in [7, 11) is 0. The molecule has 0 spiro atoms. The summed E-state index contributed by atoms with van der Waals surface area (Å²) in [4.78, 5) is 2.51. The molecule has 0 aliphatic carbocycles. The van der Waals surface area contributed by atoms with Gasteiger partial charge in [-0.15, -0.1) is 0 Å². The Balaban J connectivity index is 2.07. The van der Waals surface area contributed by atoms with Gasteiger partial charge in [0, 0.05) is 37.8 Å². The molecule has 100 valence electrons. The van der Waals surface area contributed by atoms with Crippen LogP contribution >= 0.6 is 0 Å². The van der Waals surface area contributed by atoms with Crippen molar-refractivity contribution in [3.63, 3.8) is 0 Å². The van der Waals surface area contributed by atoms with Crippen LogP contribution in [-0.2, 0) is 6.54 Å². The fraction of sp³-hybridized carbons (Fsp3) is 0.600. The van der Waals surface area contributed by atoms with Gasteiger partial charge in [0.25, 0.3) is 0 Å². The lowest BCUT2D eigenvalue weighted by Crippen LogP contribution is -2.49. The van der Waals surface area contributed by atoms with E-state index in [-0.39, 0.29) is 6.10 Å². The van der Waals surface area contributed by atoms with Crippen molar-refractivity contribution >= 4 is 0 Å². The maximum Gasteiger partial charge on any atom is 0.124 e. The summed E-state index contributed by atoms with van der Waals surface area (Å²) >= 11 is 0. The molecule has 0 aromatic heterocycles. The van der Waals surface area contributed by atoms with Crippen molar-refractivity contribution in [2.75, 3.05) is 19.6 Å². The van der Waals surface area contributed by atoms with Gasteiger partial charge in [0.2, 0.25) is 0 Å². The van der Waals surface area contributed by atoms with Crippen LogP contribution in [0.4, 0.5) is 0 Å². The van der Waals surface area contributed by atoms with E-state index in [1.54, 1.807) is 0 Å². The fourth-order valence-electron chi connectivity index (χ4n) is 2.34. The van der Waals surface area contributed by atoms with Crippen LogP contribution in [0.15, 0.2) is 24.3 Å². The molecule has 3 nitrogen and oxygen atoms in total. The highest BCUT2D eigenvalue weighted by Crippen LogP contribution is 2.22. The molecule has 2 rings (SSSR count). The highest BCUT2D eigenvalue weighted by Gasteiger charge is 2.19. The third-order valence-electron chi connectivity index (χ3n) is 3.35. The molecule has 0 saturated carbocycles. The van der Waals surface area contributed by atoms with E-state index in [0.717, 1.165) is 31.9 Å². The summed E-state index contributed by atoms with van der Waals surface area (Å²) < 4.78 is 5.88. The van der Waals surface area contributed by atoms with Crippen molar-refractivity contribution in [3.05, 3.63) is 29.8 Å². The maximum absolute atomic E-state index is 5.88. The van der Waals surface area contributed by atoms with Crippen LogP contribution in [0.3, 0.4) is 0 Å². The Morgan fingerprint density at radius 3 is 2.89 bits per heavy atom. The van der Waals surface area contributed by atoms with Gasteiger partial charge in [0.15, 0.2) is 0 Å². The third-order valence-corrected chi connectivity index (χ3v) is 3.35. The summed E-state index contributed by atoms with van der Waals surface area (Å²) in [6.07, 6.45) is 0.228. The van der Waals surface area contributed by atoms with Gasteiger partial charge in [-0.1, -0.05) is 18.2 Å². The van der Waals surface area contributed by atoms with E-state index in [1.807, 2.05) is 6.07 Å². The van der Waals surface area contributed by atoms with Gasteiger partial charge in [0.05, 0.1) is 6.10 Å². The Kier molecular flexibility index (Phi) is 4.61. The molecular weight excluding hydrogens is 224 g/mol. The second-order valence-corrected chi connectivity index (χ2v) is 5.30. The lowest BCUT2D eigenvalue weighted by Gasteiger charge is -2.34. The predicted octanol–water partition coefficient (Wildman–Crippen LogP) is 2.27. The average Bonchev–Trinajstić information content (AvgIpc) is 2.34. The van der Waals surface area contributed by atoms with E-state index in [4.69, 9.17) is 4.74 Å². The first-order valence-electron chi connectivity index (χ1n) is 6.86. The molecule has 1 aliphatic rings. The van der Waals surface area contributed by atoms with Crippen LogP contribution < -0.4 is 10.1 Å². The number of nitrogens with zero attached hydrogens (tertiary/aromatic N) is 1. The SMILES string of the molecule is CC(C)Oc1ccccc1CN1CCNC[C@H]1C. The average molecular weight is 248 g/mol. The molecule has 1 N–H and O–H groups in total. The minimum Gasteiger partial charge on any atom is -0.491 e. The normalized spacial score (nSPS) is 21.2. The van der Waals surface area contributed by atoms with Crippen molar-refractivity contribution < 1.29 is 4.74 Å². The van der Waals surface area contributed by atoms with Gasteiger partial charge >= 0.3 is 0 Å². The summed E-state index contributed by atoms with van der Waals surface area (Å²) in [6.45, 7) is 10.7. The van der Waals surface area contributed by atoms with E-state index >= 15 is 0 Å². The van der Waals surface area contributed by atoms with Crippen molar-refractivity contribution in [1.29, 1.82) is 0 Å². The highest BCUT2D eigenvalue weighted by molar-refractivity contribution is 5.33. The number of para-hydroxylation sites is 1. The maximum atomic E-state index is 5.88. The Hall–Kier alpha value is -1.06. The topological polar surface area (TPSA) is 24.5 Å². The van der Waals surface area contributed by atoms with Crippen molar-refractivity contribution in [2.24, 2.45) is 0 Å². The van der Waals surface area contributed by atoms with E-state index in [2.05, 4.69) is 49.2 Å². The monoisotopic (exact) mass is 248 g/mol. The molecule has 0 unspecified atom stereocenters. The van der Waals surface area contributed by atoms with E-state index < -0.39 is 0 Å². The van der Waals surface area contributed by atoms with E-state index in [9.17, 15) is 0 Å². The van der Waals surface area contributed by atoms with Gasteiger partial charge in [-0.3, -0.25) is 4.90 Å². The molecule has 0 amide bonds. The molecule has 0 bridgehead atoms. The zero-order valence-electron chi connectivity index (χ0n) is 11.6. The number of ether oxygens (including phenoxy) is 1. The predicted molar refractivity (Wildman–Crippen MR) is 74.9 cm³/mol. The molecule has 1 aromatic carbocycles. The quantitative estimate of drug-likeness (QED) is 0.884. The second-order valence-electron chi connectivity index (χ2n) is 5.30. The first-order valence-corrected chi connectivity index (χ1v) is 6.86. The lowest BCUT2D eigenvalue weighted by molar-refractivity contribution is 0.161. The van der Waals surface area contributed by atoms with Crippen LogP contribution in [0.5, 0.6) is 5.75 Å². The van der Waals surface area contributed by atoms with Gasteiger partial charge < -0.3 is 10.1 Å². The largest absolute Gasteiger partial charge is 0.491 e. The highest BCUT2D eigenvalue weighted by atomic mass is 16.5. The molecule has 1 saturated heterocycles. The van der Waals surface area contributed by atoms with Gasteiger partial charge in [0.1, 0.15) is 5.75 Å². The van der Waals surface area contributed by atoms with E-state index in [0.29, 0.717) is 6.04 Å². The first-order chi connectivity index (χ1) is 8.66. The summed E-state index contributed by atoms with van der Waals surface area (Å²) in [5.74, 6) is 1.03. The molecule has 0 radical (unpaired) electrons. The van der Waals surface area contributed by atoms with E-state index in [1.165, 1.54) is 5.56 Å². The molecule has 1 atom stereocenters. The minimum atomic E-state index is 0.228. The molecule has 1 aliphatic heterocycles. The van der Waals surface area contributed by atoms with Crippen LogP contribution in [0, 0.1) is 0 Å². The number of hydrogen-bond acceptors (Lipinski definition) is 3. The van der Waals surface area contributed by atoms with Crippen LogP contribution in [0.2, 0.25) is 0 Å². The number of nitrogens with one attached hydrogen (secondary N) is 1. The minimum absolute atomic E-state index is 0.228. The van der Waals surface area contributed by atoms with Crippen molar-refractivity contribution in [2.45, 2.75) is 39.5 Å². The van der Waals surface area contributed by atoms with Crippen molar-refractivity contribution in [1.82, 2.24) is 10.2 Å². The number of piperazine rings is 1. The molecule has 1 aromatic rings. The number of rotatable bonds is 4. The molecule has 3 heteroatoms. The molecule has 1 fully saturated rings. The van der Waals surface area contributed by atoms with Crippen LogP contribution in [0.25, 0.3) is 0 Å². The second kappa shape index (κ2) is 6.21. The fourth-order valence-corrected chi connectivity index (χ4v) is 2.34. The third kappa shape index (κ3) is 3.47. The Bertz CT molecular complexity index is 379. The molecular formula is C15H24N2O. The zero-order chi connectivity index (χ0) is 13.0. The standard InChI is InChI=1S/C15H24N2O/c1-12(2)18-15-7-5-4-6-14(15)11-17-9-8-16-10-13(17)3/h4-7,12-13,16H,8-11H2,1-3H3/t13-/m1/s1. The number of benzene rings is 1. The Labute approximate surface area is 110 Å². The summed E-state index contributed by atoms with van der Waals surface area (Å²) in [6, 6.07) is 8.97. The van der Waals surface area contributed by atoms with Gasteiger partial charge in [-0.05, 0) is 26.8 Å². The Morgan fingerprint density at radius 1 is 1.39 bits per heavy atom. The summed E-state index contributed by atoms with van der Waals surface area (Å²) in [5, 5.41) is 3.42. The lowest BCUT2D eigenvalue weighted by atomic mass is 10.1. The van der Waals surface area contributed by atoms with Gasteiger partial charge in [-0.2, -0.15) is 0 Å².